The molecule has 1 aromatic carbocycles. The molecule has 6 heteroatoms. The Balaban J connectivity index is 1.77. The summed E-state index contributed by atoms with van der Waals surface area (Å²) >= 11 is 1.53. The fourth-order valence-corrected chi connectivity index (χ4v) is 3.43. The number of hydrogen-bond acceptors (Lipinski definition) is 4. The van der Waals surface area contributed by atoms with Crippen molar-refractivity contribution in [1.82, 2.24) is 14.5 Å². The van der Waals surface area contributed by atoms with Gasteiger partial charge in [-0.2, -0.15) is 0 Å². The fourth-order valence-electron chi connectivity index (χ4n) is 2.51. The minimum Gasteiger partial charge on any atom is -0.340 e. The van der Waals surface area contributed by atoms with Crippen LogP contribution in [0.3, 0.4) is 0 Å². The molecular weight excluding hydrogens is 322 g/mol. The molecule has 124 valence electrons. The Morgan fingerprint density at radius 1 is 1.29 bits per heavy atom. The first-order valence-electron chi connectivity index (χ1n) is 7.84. The third-order valence-electron chi connectivity index (χ3n) is 3.91. The highest BCUT2D eigenvalue weighted by atomic mass is 32.1. The lowest BCUT2D eigenvalue weighted by Crippen LogP contribution is -2.33. The minimum absolute atomic E-state index is 0.00239. The highest BCUT2D eigenvalue weighted by Gasteiger charge is 2.13. The van der Waals surface area contributed by atoms with Crippen LogP contribution in [-0.4, -0.2) is 27.4 Å². The van der Waals surface area contributed by atoms with Gasteiger partial charge in [0.25, 0.3) is 5.56 Å². The summed E-state index contributed by atoms with van der Waals surface area (Å²) < 4.78 is 1.39. The summed E-state index contributed by atoms with van der Waals surface area (Å²) in [5.41, 5.74) is 0.900. The number of carbonyl (C=O) groups excluding carboxylic acids is 1. The summed E-state index contributed by atoms with van der Waals surface area (Å²) in [7, 11) is 1.74. The van der Waals surface area contributed by atoms with Crippen LogP contribution in [0.1, 0.15) is 17.4 Å². The van der Waals surface area contributed by atoms with Gasteiger partial charge in [0, 0.05) is 18.5 Å². The monoisotopic (exact) mass is 341 g/mol. The fraction of sp³-hybridized carbons (Fsp3) is 0.278. The second-order valence-electron chi connectivity index (χ2n) is 5.70. The van der Waals surface area contributed by atoms with Crippen molar-refractivity contribution in [3.05, 3.63) is 63.5 Å². The summed E-state index contributed by atoms with van der Waals surface area (Å²) in [6, 6.07) is 11.7. The SMILES string of the molecule is CCc1cc2c(=O)n(CC(=O)N(C)Cc3ccccc3)cnc2s1. The third kappa shape index (κ3) is 3.38. The summed E-state index contributed by atoms with van der Waals surface area (Å²) in [5.74, 6) is -0.118. The van der Waals surface area contributed by atoms with Gasteiger partial charge in [0.05, 0.1) is 11.7 Å². The maximum Gasteiger partial charge on any atom is 0.262 e. The van der Waals surface area contributed by atoms with Crippen LogP contribution in [0.2, 0.25) is 0 Å². The maximum absolute atomic E-state index is 12.5. The van der Waals surface area contributed by atoms with E-state index in [9.17, 15) is 9.59 Å². The zero-order valence-electron chi connectivity index (χ0n) is 13.7. The van der Waals surface area contributed by atoms with E-state index in [1.807, 2.05) is 43.3 Å². The van der Waals surface area contributed by atoms with E-state index in [1.165, 1.54) is 22.2 Å². The smallest absolute Gasteiger partial charge is 0.262 e. The highest BCUT2D eigenvalue weighted by molar-refractivity contribution is 7.18. The molecule has 24 heavy (non-hydrogen) atoms. The van der Waals surface area contributed by atoms with E-state index >= 15 is 0 Å². The molecule has 2 heterocycles. The van der Waals surface area contributed by atoms with Crippen molar-refractivity contribution in [3.63, 3.8) is 0 Å². The molecule has 0 fully saturated rings. The van der Waals surface area contributed by atoms with Gasteiger partial charge >= 0.3 is 0 Å². The molecular formula is C18H19N3O2S. The molecule has 0 aliphatic heterocycles. The quantitative estimate of drug-likeness (QED) is 0.717. The lowest BCUT2D eigenvalue weighted by molar-refractivity contribution is -0.131. The Morgan fingerprint density at radius 2 is 2.04 bits per heavy atom. The van der Waals surface area contributed by atoms with Crippen LogP contribution in [0, 0.1) is 0 Å². The van der Waals surface area contributed by atoms with Gasteiger partial charge in [0.15, 0.2) is 0 Å². The number of rotatable bonds is 5. The van der Waals surface area contributed by atoms with E-state index in [2.05, 4.69) is 4.98 Å². The van der Waals surface area contributed by atoms with Crippen molar-refractivity contribution in [2.45, 2.75) is 26.4 Å². The Bertz CT molecular complexity index is 915. The average Bonchev–Trinajstić information content (AvgIpc) is 3.02. The van der Waals surface area contributed by atoms with Crippen molar-refractivity contribution in [1.29, 1.82) is 0 Å². The summed E-state index contributed by atoms with van der Waals surface area (Å²) in [5, 5.41) is 0.595. The molecule has 0 unspecified atom stereocenters. The highest BCUT2D eigenvalue weighted by Crippen LogP contribution is 2.20. The van der Waals surface area contributed by atoms with E-state index < -0.39 is 0 Å². The number of carbonyl (C=O) groups is 1. The number of nitrogens with zero attached hydrogens (tertiary/aromatic N) is 3. The number of aromatic nitrogens is 2. The summed E-state index contributed by atoms with van der Waals surface area (Å²) in [6.07, 6.45) is 2.34. The number of benzene rings is 1. The first kappa shape index (κ1) is 16.4. The van der Waals surface area contributed by atoms with Gasteiger partial charge in [-0.3, -0.25) is 14.2 Å². The first-order chi connectivity index (χ1) is 11.6. The number of likely N-dealkylation sites (N-methyl/N-ethyl adjacent to an activating group) is 1. The molecule has 3 rings (SSSR count). The van der Waals surface area contributed by atoms with Gasteiger partial charge < -0.3 is 4.90 Å². The number of amides is 1. The Labute approximate surface area is 144 Å². The molecule has 2 aromatic heterocycles. The molecule has 1 amide bonds. The van der Waals surface area contributed by atoms with Gasteiger partial charge in [-0.25, -0.2) is 4.98 Å². The van der Waals surface area contributed by atoms with E-state index in [0.29, 0.717) is 11.9 Å². The van der Waals surface area contributed by atoms with Crippen LogP contribution in [0.25, 0.3) is 10.2 Å². The van der Waals surface area contributed by atoms with Gasteiger partial charge in [-0.05, 0) is 18.1 Å². The first-order valence-corrected chi connectivity index (χ1v) is 8.66. The van der Waals surface area contributed by atoms with Gasteiger partial charge in [0.1, 0.15) is 11.4 Å². The van der Waals surface area contributed by atoms with Crippen LogP contribution in [0.15, 0.2) is 47.5 Å². The molecule has 0 radical (unpaired) electrons. The second-order valence-corrected chi connectivity index (χ2v) is 6.81. The van der Waals surface area contributed by atoms with Gasteiger partial charge in [-0.1, -0.05) is 37.3 Å². The van der Waals surface area contributed by atoms with Crippen LogP contribution in [0.5, 0.6) is 0 Å². The zero-order chi connectivity index (χ0) is 17.1. The number of hydrogen-bond donors (Lipinski definition) is 0. The Morgan fingerprint density at radius 3 is 2.75 bits per heavy atom. The summed E-state index contributed by atoms with van der Waals surface area (Å²) in [4.78, 5) is 32.7. The van der Waals surface area contributed by atoms with Gasteiger partial charge in [-0.15, -0.1) is 11.3 Å². The lowest BCUT2D eigenvalue weighted by Gasteiger charge is -2.17. The molecule has 0 saturated heterocycles. The molecule has 0 N–H and O–H groups in total. The van der Waals surface area contributed by atoms with Crippen LogP contribution in [-0.2, 0) is 24.3 Å². The zero-order valence-corrected chi connectivity index (χ0v) is 14.5. The molecule has 0 saturated carbocycles. The van der Waals surface area contributed by atoms with Crippen molar-refractivity contribution < 1.29 is 4.79 Å². The van der Waals surface area contributed by atoms with E-state index in [-0.39, 0.29) is 18.0 Å². The van der Waals surface area contributed by atoms with E-state index in [4.69, 9.17) is 0 Å². The third-order valence-corrected chi connectivity index (χ3v) is 5.10. The second kappa shape index (κ2) is 6.97. The molecule has 0 aliphatic rings. The number of aryl methyl sites for hydroxylation is 1. The molecule has 3 aromatic rings. The summed E-state index contributed by atoms with van der Waals surface area (Å²) in [6.45, 7) is 2.57. The lowest BCUT2D eigenvalue weighted by atomic mass is 10.2. The normalized spacial score (nSPS) is 10.9. The molecule has 0 spiro atoms. The van der Waals surface area contributed by atoms with Crippen LogP contribution < -0.4 is 5.56 Å². The van der Waals surface area contributed by atoms with Crippen molar-refractivity contribution >= 4 is 27.5 Å². The molecule has 0 bridgehead atoms. The largest absolute Gasteiger partial charge is 0.340 e. The number of thiophene rings is 1. The van der Waals surface area contributed by atoms with Crippen LogP contribution in [0.4, 0.5) is 0 Å². The molecule has 0 atom stereocenters. The van der Waals surface area contributed by atoms with Crippen molar-refractivity contribution in [3.8, 4) is 0 Å². The van der Waals surface area contributed by atoms with E-state index in [1.54, 1.807) is 11.9 Å². The minimum atomic E-state index is -0.155. The van der Waals surface area contributed by atoms with Crippen molar-refractivity contribution in [2.24, 2.45) is 0 Å². The topological polar surface area (TPSA) is 55.2 Å². The van der Waals surface area contributed by atoms with Crippen molar-refractivity contribution in [2.75, 3.05) is 7.05 Å². The predicted octanol–water partition coefficient (Wildman–Crippen LogP) is 2.68. The van der Waals surface area contributed by atoms with E-state index in [0.717, 1.165) is 21.7 Å². The average molecular weight is 341 g/mol. The predicted molar refractivity (Wildman–Crippen MR) is 96.2 cm³/mol. The number of fused-ring (bicyclic) bond motifs is 1. The standard InChI is InChI=1S/C18H19N3O2S/c1-3-14-9-15-17(24-14)19-12-21(18(15)23)11-16(22)20(2)10-13-7-5-4-6-8-13/h4-9,12H,3,10-11H2,1-2H3. The van der Waals surface area contributed by atoms with Gasteiger partial charge in [0.2, 0.25) is 5.91 Å². The maximum atomic E-state index is 12.5. The van der Waals surface area contributed by atoms with Crippen LogP contribution >= 0.6 is 11.3 Å². The molecule has 5 nitrogen and oxygen atoms in total. The Kier molecular flexibility index (Phi) is 4.76. The molecule has 0 aliphatic carbocycles. The Hall–Kier alpha value is -2.47.